The van der Waals surface area contributed by atoms with Crippen molar-refractivity contribution in [1.82, 2.24) is 0 Å². The lowest BCUT2D eigenvalue weighted by Gasteiger charge is -2.12. The number of carbonyl (C=O) groups is 1. The third-order valence-corrected chi connectivity index (χ3v) is 3.71. The van der Waals surface area contributed by atoms with Gasteiger partial charge in [-0.25, -0.2) is 0 Å². The standard InChI is InChI=1S/C20H18N2O/c1-3-10-18(16-11-6-4-7-12-16)19-15(2)21-22(20(19)23)17-13-8-5-9-14-17/h3-14H,1-2H3/b10-3+,19-18-. The van der Waals surface area contributed by atoms with Crippen LogP contribution in [0.1, 0.15) is 19.4 Å². The molecule has 0 radical (unpaired) electrons. The Morgan fingerprint density at radius 1 is 1.00 bits per heavy atom. The van der Waals surface area contributed by atoms with Gasteiger partial charge < -0.3 is 0 Å². The highest BCUT2D eigenvalue weighted by atomic mass is 16.2. The van der Waals surface area contributed by atoms with Crippen molar-refractivity contribution in [3.05, 3.63) is 84.0 Å². The van der Waals surface area contributed by atoms with E-state index in [-0.39, 0.29) is 5.91 Å². The summed E-state index contributed by atoms with van der Waals surface area (Å²) in [6.45, 7) is 3.83. The number of allylic oxidation sites excluding steroid dienone is 3. The summed E-state index contributed by atoms with van der Waals surface area (Å²) >= 11 is 0. The van der Waals surface area contributed by atoms with Crippen LogP contribution in [0.15, 0.2) is 83.5 Å². The number of hydrogen-bond donors (Lipinski definition) is 0. The quantitative estimate of drug-likeness (QED) is 0.771. The Hall–Kier alpha value is -2.94. The van der Waals surface area contributed by atoms with E-state index < -0.39 is 0 Å². The molecular formula is C20H18N2O. The first-order valence-electron chi connectivity index (χ1n) is 7.60. The lowest BCUT2D eigenvalue weighted by atomic mass is 9.96. The van der Waals surface area contributed by atoms with Gasteiger partial charge in [-0.3, -0.25) is 4.79 Å². The van der Waals surface area contributed by atoms with Crippen molar-refractivity contribution in [3.63, 3.8) is 0 Å². The summed E-state index contributed by atoms with van der Waals surface area (Å²) in [5.74, 6) is -0.0920. The predicted molar refractivity (Wildman–Crippen MR) is 95.2 cm³/mol. The molecule has 0 unspecified atom stereocenters. The number of amides is 1. The Bertz CT molecular complexity index is 802. The normalized spacial score (nSPS) is 16.9. The van der Waals surface area contributed by atoms with E-state index in [4.69, 9.17) is 0 Å². The van der Waals surface area contributed by atoms with Gasteiger partial charge in [-0.1, -0.05) is 60.7 Å². The number of rotatable bonds is 3. The van der Waals surface area contributed by atoms with Crippen molar-refractivity contribution < 1.29 is 4.79 Å². The van der Waals surface area contributed by atoms with Gasteiger partial charge in [0.05, 0.1) is 17.0 Å². The summed E-state index contributed by atoms with van der Waals surface area (Å²) in [6.07, 6.45) is 3.91. The first-order chi connectivity index (χ1) is 11.2. The molecule has 1 heterocycles. The van der Waals surface area contributed by atoms with Crippen molar-refractivity contribution in [2.75, 3.05) is 5.01 Å². The molecule has 23 heavy (non-hydrogen) atoms. The molecule has 3 heteroatoms. The van der Waals surface area contributed by atoms with Gasteiger partial charge >= 0.3 is 0 Å². The molecule has 0 aliphatic carbocycles. The number of para-hydroxylation sites is 1. The first-order valence-corrected chi connectivity index (χ1v) is 7.60. The largest absolute Gasteiger partial charge is 0.281 e. The summed E-state index contributed by atoms with van der Waals surface area (Å²) in [5.41, 5.74) is 4.07. The fourth-order valence-electron chi connectivity index (χ4n) is 2.67. The monoisotopic (exact) mass is 302 g/mol. The number of nitrogens with zero attached hydrogens (tertiary/aromatic N) is 2. The van der Waals surface area contributed by atoms with Crippen LogP contribution in [0.3, 0.4) is 0 Å². The Morgan fingerprint density at radius 3 is 2.22 bits per heavy atom. The number of anilines is 1. The lowest BCUT2D eigenvalue weighted by molar-refractivity contribution is -0.114. The zero-order valence-corrected chi connectivity index (χ0v) is 13.2. The van der Waals surface area contributed by atoms with Gasteiger partial charge in [-0.05, 0) is 37.1 Å². The van der Waals surface area contributed by atoms with Gasteiger partial charge in [0.1, 0.15) is 0 Å². The van der Waals surface area contributed by atoms with Crippen LogP contribution >= 0.6 is 0 Å². The number of hydrogen-bond acceptors (Lipinski definition) is 2. The van der Waals surface area contributed by atoms with Gasteiger partial charge in [0.25, 0.3) is 5.91 Å². The minimum absolute atomic E-state index is 0.0920. The van der Waals surface area contributed by atoms with Crippen LogP contribution in [0.4, 0.5) is 5.69 Å². The lowest BCUT2D eigenvalue weighted by Crippen LogP contribution is -2.21. The summed E-state index contributed by atoms with van der Waals surface area (Å²) in [5, 5.41) is 5.93. The van der Waals surface area contributed by atoms with E-state index in [0.717, 1.165) is 22.5 Å². The van der Waals surface area contributed by atoms with Crippen molar-refractivity contribution in [2.45, 2.75) is 13.8 Å². The highest BCUT2D eigenvalue weighted by Crippen LogP contribution is 2.29. The van der Waals surface area contributed by atoms with Crippen molar-refractivity contribution in [2.24, 2.45) is 5.10 Å². The average Bonchev–Trinajstić information content (AvgIpc) is 2.89. The van der Waals surface area contributed by atoms with E-state index >= 15 is 0 Å². The molecule has 2 aromatic carbocycles. The van der Waals surface area contributed by atoms with Gasteiger partial charge in [-0.2, -0.15) is 10.1 Å². The molecule has 1 aliphatic heterocycles. The molecule has 0 fully saturated rings. The fraction of sp³-hybridized carbons (Fsp3) is 0.100. The minimum Gasteiger partial charge on any atom is -0.267 e. The minimum atomic E-state index is -0.0920. The third kappa shape index (κ3) is 2.86. The van der Waals surface area contributed by atoms with Crippen LogP contribution < -0.4 is 5.01 Å². The second kappa shape index (κ2) is 6.44. The van der Waals surface area contributed by atoms with Crippen LogP contribution in [-0.2, 0) is 4.79 Å². The van der Waals surface area contributed by atoms with Crippen LogP contribution in [0.5, 0.6) is 0 Å². The van der Waals surface area contributed by atoms with E-state index in [1.165, 1.54) is 5.01 Å². The molecule has 0 saturated heterocycles. The zero-order valence-electron chi connectivity index (χ0n) is 13.2. The van der Waals surface area contributed by atoms with E-state index in [9.17, 15) is 4.79 Å². The summed E-state index contributed by atoms with van der Waals surface area (Å²) in [6, 6.07) is 19.4. The molecular weight excluding hydrogens is 284 g/mol. The molecule has 2 aromatic rings. The Morgan fingerprint density at radius 2 is 1.61 bits per heavy atom. The van der Waals surface area contributed by atoms with Crippen LogP contribution in [0, 0.1) is 0 Å². The van der Waals surface area contributed by atoms with Gasteiger partial charge in [-0.15, -0.1) is 0 Å². The average molecular weight is 302 g/mol. The zero-order chi connectivity index (χ0) is 16.2. The smallest absolute Gasteiger partial charge is 0.267 e. The van der Waals surface area contributed by atoms with E-state index in [1.807, 2.05) is 86.7 Å². The molecule has 3 nitrogen and oxygen atoms in total. The third-order valence-electron chi connectivity index (χ3n) is 3.71. The van der Waals surface area contributed by atoms with E-state index in [2.05, 4.69) is 5.10 Å². The molecule has 0 saturated carbocycles. The SMILES string of the molecule is C/C=C/C(=C1/C(=O)N(c2ccccc2)N=C1C)c1ccccc1. The second-order valence-electron chi connectivity index (χ2n) is 5.29. The maximum atomic E-state index is 12.9. The molecule has 1 aliphatic rings. The van der Waals surface area contributed by atoms with Crippen LogP contribution in [0.2, 0.25) is 0 Å². The molecule has 3 rings (SSSR count). The maximum absolute atomic E-state index is 12.9. The summed E-state index contributed by atoms with van der Waals surface area (Å²) in [7, 11) is 0. The molecule has 114 valence electrons. The summed E-state index contributed by atoms with van der Waals surface area (Å²) in [4.78, 5) is 12.9. The maximum Gasteiger partial charge on any atom is 0.281 e. The predicted octanol–water partition coefficient (Wildman–Crippen LogP) is 4.44. The number of benzene rings is 2. The van der Waals surface area contributed by atoms with Crippen molar-refractivity contribution >= 4 is 22.9 Å². The molecule has 0 bridgehead atoms. The van der Waals surface area contributed by atoms with Crippen LogP contribution in [-0.4, -0.2) is 11.6 Å². The molecule has 1 amide bonds. The topological polar surface area (TPSA) is 32.7 Å². The highest BCUT2D eigenvalue weighted by molar-refractivity contribution is 6.34. The van der Waals surface area contributed by atoms with E-state index in [0.29, 0.717) is 5.57 Å². The Labute approximate surface area is 136 Å². The Balaban J connectivity index is 2.11. The molecule has 0 aromatic heterocycles. The van der Waals surface area contributed by atoms with E-state index in [1.54, 1.807) is 0 Å². The number of carbonyl (C=O) groups excluding carboxylic acids is 1. The highest BCUT2D eigenvalue weighted by Gasteiger charge is 2.31. The van der Waals surface area contributed by atoms with Crippen molar-refractivity contribution in [1.29, 1.82) is 0 Å². The second-order valence-corrected chi connectivity index (χ2v) is 5.29. The summed E-state index contributed by atoms with van der Waals surface area (Å²) < 4.78 is 0. The van der Waals surface area contributed by atoms with Gasteiger partial charge in [0.15, 0.2) is 0 Å². The van der Waals surface area contributed by atoms with Gasteiger partial charge in [0.2, 0.25) is 0 Å². The van der Waals surface area contributed by atoms with Gasteiger partial charge in [0, 0.05) is 0 Å². The fourth-order valence-corrected chi connectivity index (χ4v) is 2.67. The molecule has 0 atom stereocenters. The van der Waals surface area contributed by atoms with Crippen LogP contribution in [0.25, 0.3) is 5.57 Å². The number of hydrazone groups is 1. The molecule has 0 N–H and O–H groups in total. The van der Waals surface area contributed by atoms with Crippen molar-refractivity contribution in [3.8, 4) is 0 Å². The molecule has 0 spiro atoms. The first kappa shape index (κ1) is 15.0. The Kier molecular flexibility index (Phi) is 4.20.